The van der Waals surface area contributed by atoms with Gasteiger partial charge in [-0.3, -0.25) is 14.4 Å². The highest BCUT2D eigenvalue weighted by Gasteiger charge is 2.75. The van der Waals surface area contributed by atoms with Crippen LogP contribution in [0.5, 0.6) is 5.75 Å². The second kappa shape index (κ2) is 13.6. The average Bonchev–Trinajstić information content (AvgIpc) is 3.74. The van der Waals surface area contributed by atoms with Gasteiger partial charge in [0.1, 0.15) is 17.4 Å². The van der Waals surface area contributed by atoms with E-state index in [-0.39, 0.29) is 43.3 Å². The quantitative estimate of drug-likeness (QED) is 0.250. The van der Waals surface area contributed by atoms with Gasteiger partial charge in [-0.05, 0) is 72.9 Å². The van der Waals surface area contributed by atoms with Crippen LogP contribution in [0, 0.1) is 17.8 Å². The van der Waals surface area contributed by atoms with Crippen molar-refractivity contribution in [2.24, 2.45) is 17.8 Å². The molecule has 3 aromatic carbocycles. The Kier molecular flexibility index (Phi) is 9.45. The predicted octanol–water partition coefficient (Wildman–Crippen LogP) is 5.37. The first-order valence-corrected chi connectivity index (χ1v) is 16.9. The smallest absolute Gasteiger partial charge is 0.253 e. The van der Waals surface area contributed by atoms with E-state index >= 15 is 4.79 Å². The number of rotatable bonds is 13. The molecule has 252 valence electrons. The summed E-state index contributed by atoms with van der Waals surface area (Å²) in [5, 5.41) is 12.7. The number of amides is 3. The van der Waals surface area contributed by atoms with E-state index < -0.39 is 35.6 Å². The highest BCUT2D eigenvalue weighted by atomic mass is 16.5. The van der Waals surface area contributed by atoms with E-state index in [1.165, 1.54) is 0 Å². The molecule has 0 aromatic heterocycles. The Bertz CT molecular complexity index is 1710. The highest BCUT2D eigenvalue weighted by molar-refractivity contribution is 6.07. The molecule has 6 rings (SSSR count). The van der Waals surface area contributed by atoms with Crippen molar-refractivity contribution in [1.29, 1.82) is 0 Å². The lowest BCUT2D eigenvalue weighted by atomic mass is 9.70. The zero-order valence-electron chi connectivity index (χ0n) is 28.0. The number of anilines is 2. The number of hydrogen-bond donors (Lipinski definition) is 1. The molecule has 0 radical (unpaired) electrons. The van der Waals surface area contributed by atoms with Crippen molar-refractivity contribution in [3.8, 4) is 5.75 Å². The molecule has 3 heterocycles. The number of hydrogen-bond acceptors (Lipinski definition) is 6. The number of carbonyl (C=O) groups is 3. The van der Waals surface area contributed by atoms with E-state index in [0.717, 1.165) is 10.8 Å². The van der Waals surface area contributed by atoms with Crippen LogP contribution in [0.1, 0.15) is 33.6 Å². The zero-order valence-corrected chi connectivity index (χ0v) is 28.0. The summed E-state index contributed by atoms with van der Waals surface area (Å²) in [5.74, 6) is -2.06. The van der Waals surface area contributed by atoms with Crippen molar-refractivity contribution in [3.63, 3.8) is 0 Å². The second-order valence-corrected chi connectivity index (χ2v) is 13.2. The van der Waals surface area contributed by atoms with Gasteiger partial charge < -0.3 is 29.3 Å². The summed E-state index contributed by atoms with van der Waals surface area (Å²) in [4.78, 5) is 49.2. The van der Waals surface area contributed by atoms with Gasteiger partial charge in [0.2, 0.25) is 11.8 Å². The van der Waals surface area contributed by atoms with Gasteiger partial charge in [0.15, 0.2) is 0 Å². The molecule has 3 saturated heterocycles. The molecule has 48 heavy (non-hydrogen) atoms. The van der Waals surface area contributed by atoms with Crippen molar-refractivity contribution in [3.05, 3.63) is 92.0 Å². The van der Waals surface area contributed by atoms with E-state index in [0.29, 0.717) is 36.6 Å². The number of ether oxygens (including phenoxy) is 2. The molecule has 3 aliphatic rings. The first-order chi connectivity index (χ1) is 23.2. The molecule has 1 spiro atoms. The molecule has 9 nitrogen and oxygen atoms in total. The first kappa shape index (κ1) is 33.4. The molecule has 1 N–H and O–H groups in total. The number of nitrogens with zero attached hydrogens (tertiary/aromatic N) is 3. The summed E-state index contributed by atoms with van der Waals surface area (Å²) in [6.07, 6.45) is 3.78. The largest absolute Gasteiger partial charge is 0.494 e. The Balaban J connectivity index is 1.42. The van der Waals surface area contributed by atoms with E-state index in [4.69, 9.17) is 9.47 Å². The van der Waals surface area contributed by atoms with Crippen LogP contribution in [0.3, 0.4) is 0 Å². The van der Waals surface area contributed by atoms with Crippen LogP contribution in [0.25, 0.3) is 10.8 Å². The number of carbonyl (C=O) groups excluding carboxylic acids is 3. The molecule has 9 heteroatoms. The summed E-state index contributed by atoms with van der Waals surface area (Å²) in [6, 6.07) is 19.3. The van der Waals surface area contributed by atoms with E-state index in [1.807, 2.05) is 87.5 Å². The number of benzene rings is 3. The monoisotopic (exact) mass is 651 g/mol. The van der Waals surface area contributed by atoms with Gasteiger partial charge in [-0.25, -0.2) is 0 Å². The molecule has 3 fully saturated rings. The first-order valence-electron chi connectivity index (χ1n) is 16.9. The third-order valence-electron chi connectivity index (χ3n) is 10.2. The summed E-state index contributed by atoms with van der Waals surface area (Å²) >= 11 is 0. The van der Waals surface area contributed by atoms with Gasteiger partial charge in [-0.2, -0.15) is 0 Å². The lowest BCUT2D eigenvalue weighted by Gasteiger charge is -2.40. The molecule has 3 aliphatic heterocycles. The lowest BCUT2D eigenvalue weighted by molar-refractivity contribution is -0.145. The Hall–Kier alpha value is -4.47. The highest BCUT2D eigenvalue weighted by Crippen LogP contribution is 2.59. The molecule has 2 bridgehead atoms. The molecule has 3 aromatic rings. The lowest BCUT2D eigenvalue weighted by Crippen LogP contribution is -2.59. The van der Waals surface area contributed by atoms with E-state index in [9.17, 15) is 14.7 Å². The van der Waals surface area contributed by atoms with Gasteiger partial charge in [0.25, 0.3) is 5.91 Å². The van der Waals surface area contributed by atoms with E-state index in [1.54, 1.807) is 26.9 Å². The second-order valence-electron chi connectivity index (χ2n) is 13.2. The van der Waals surface area contributed by atoms with Crippen molar-refractivity contribution >= 4 is 39.9 Å². The third kappa shape index (κ3) is 5.48. The Labute approximate surface area is 282 Å². The maximum atomic E-state index is 15.0. The summed E-state index contributed by atoms with van der Waals surface area (Å²) < 4.78 is 12.4. The number of aliphatic hydroxyl groups excluding tert-OH is 1. The summed E-state index contributed by atoms with van der Waals surface area (Å²) in [7, 11) is 0. The summed E-state index contributed by atoms with van der Waals surface area (Å²) in [5.41, 5.74) is 0.0962. The SMILES string of the molecule is C=CCN(C(=O)C1N([C@@H](CO)C(C)C)C(=O)[C@@H]2[C@@H](C(=O)N(CC=C)c3ccc(OCC)cc3)[C@H]3CCC12O3)c1ccc2ccccc2c1. The van der Waals surface area contributed by atoms with Crippen LogP contribution in [-0.4, -0.2) is 77.8 Å². The van der Waals surface area contributed by atoms with Gasteiger partial charge in [-0.1, -0.05) is 56.3 Å². The minimum absolute atomic E-state index is 0.162. The van der Waals surface area contributed by atoms with Gasteiger partial charge in [0.05, 0.1) is 37.2 Å². The fourth-order valence-corrected chi connectivity index (χ4v) is 8.09. The van der Waals surface area contributed by atoms with Crippen LogP contribution in [0.2, 0.25) is 0 Å². The van der Waals surface area contributed by atoms with Crippen LogP contribution in [0.4, 0.5) is 11.4 Å². The normalized spacial score (nSPS) is 24.9. The van der Waals surface area contributed by atoms with Gasteiger partial charge in [0, 0.05) is 24.5 Å². The predicted molar refractivity (Wildman–Crippen MR) is 187 cm³/mol. The van der Waals surface area contributed by atoms with Crippen LogP contribution >= 0.6 is 0 Å². The van der Waals surface area contributed by atoms with Crippen LogP contribution < -0.4 is 14.5 Å². The van der Waals surface area contributed by atoms with Crippen LogP contribution in [-0.2, 0) is 19.1 Å². The Morgan fingerprint density at radius 3 is 2.27 bits per heavy atom. The van der Waals surface area contributed by atoms with Gasteiger partial charge >= 0.3 is 0 Å². The number of likely N-dealkylation sites (tertiary alicyclic amines) is 1. The topological polar surface area (TPSA) is 99.6 Å². The minimum Gasteiger partial charge on any atom is -0.494 e. The average molecular weight is 652 g/mol. The fraction of sp³-hybridized carbons (Fsp3) is 0.410. The third-order valence-corrected chi connectivity index (χ3v) is 10.2. The van der Waals surface area contributed by atoms with Crippen molar-refractivity contribution in [2.45, 2.75) is 57.4 Å². The zero-order chi connectivity index (χ0) is 34.2. The fourth-order valence-electron chi connectivity index (χ4n) is 8.09. The van der Waals surface area contributed by atoms with Gasteiger partial charge in [-0.15, -0.1) is 13.2 Å². The minimum atomic E-state index is -1.23. The van der Waals surface area contributed by atoms with Crippen molar-refractivity contribution < 1.29 is 29.0 Å². The molecular weight excluding hydrogens is 606 g/mol. The van der Waals surface area contributed by atoms with Crippen molar-refractivity contribution in [2.75, 3.05) is 36.1 Å². The van der Waals surface area contributed by atoms with E-state index in [2.05, 4.69) is 13.2 Å². The maximum Gasteiger partial charge on any atom is 0.253 e. The standard InChI is InChI=1S/C39H45N3O6/c1-6-21-40(28-15-17-30(18-16-28)47-8-3)36(44)33-32-19-20-39(48-32)34(33)37(45)42(31(24-43)25(4)5)35(39)38(46)41(22-7-2)29-14-13-26-11-9-10-12-27(26)23-29/h6-7,9-18,23,25,31-35,43H,1-2,8,19-22,24H2,3-5H3/t31-,32+,33-,34-,35?,39?/m0/s1. The molecule has 6 atom stereocenters. The number of aliphatic hydroxyl groups is 1. The molecular formula is C39H45N3O6. The molecule has 2 unspecified atom stereocenters. The Morgan fingerprint density at radius 1 is 1.00 bits per heavy atom. The van der Waals surface area contributed by atoms with Crippen molar-refractivity contribution in [1.82, 2.24) is 4.90 Å². The molecule has 3 amide bonds. The maximum absolute atomic E-state index is 15.0. The summed E-state index contributed by atoms with van der Waals surface area (Å²) in [6.45, 7) is 14.2. The Morgan fingerprint density at radius 2 is 1.65 bits per heavy atom. The molecule has 0 saturated carbocycles. The van der Waals surface area contributed by atoms with Crippen LogP contribution in [0.15, 0.2) is 92.0 Å². The molecule has 0 aliphatic carbocycles. The number of fused-ring (bicyclic) bond motifs is 2.